The van der Waals surface area contributed by atoms with Crippen molar-refractivity contribution < 1.29 is 15.3 Å². The van der Waals surface area contributed by atoms with Gasteiger partial charge < -0.3 is 15.3 Å². The first-order chi connectivity index (χ1) is 20.0. The van der Waals surface area contributed by atoms with E-state index in [0.717, 1.165) is 38.2 Å². The number of aromatic hydroxyl groups is 3. The molecule has 0 unspecified atom stereocenters. The molecule has 0 bridgehead atoms. The van der Waals surface area contributed by atoms with E-state index in [9.17, 15) is 15.3 Å². The van der Waals surface area contributed by atoms with Crippen molar-refractivity contribution in [1.29, 1.82) is 0 Å². The van der Waals surface area contributed by atoms with Crippen LogP contribution in [0, 0.1) is 0 Å². The average molecular weight is 524 g/mol. The maximum atomic E-state index is 11.1. The highest BCUT2D eigenvalue weighted by molar-refractivity contribution is 6.45. The lowest BCUT2D eigenvalue weighted by molar-refractivity contribution is 0.442. The van der Waals surface area contributed by atoms with Gasteiger partial charge in [-0.1, -0.05) is 115 Å². The molecule has 3 nitrogen and oxygen atoms in total. The highest BCUT2D eigenvalue weighted by Crippen LogP contribution is 2.48. The van der Waals surface area contributed by atoms with Gasteiger partial charge in [0.2, 0.25) is 0 Å². The van der Waals surface area contributed by atoms with Crippen LogP contribution in [0.25, 0.3) is 65.7 Å². The quantitative estimate of drug-likeness (QED) is 0.175. The van der Waals surface area contributed by atoms with Crippen LogP contribution in [0.4, 0.5) is 0 Å². The molecule has 7 aromatic rings. The third kappa shape index (κ3) is 3.77. The zero-order valence-electron chi connectivity index (χ0n) is 22.0. The van der Waals surface area contributed by atoms with Gasteiger partial charge >= 0.3 is 0 Å². The number of fused-ring (bicyclic) bond motifs is 3. The minimum absolute atomic E-state index is 0.0862. The molecule has 0 atom stereocenters. The molecule has 0 saturated carbocycles. The average Bonchev–Trinajstić information content (AvgIpc) is 3.02. The van der Waals surface area contributed by atoms with Crippen molar-refractivity contribution >= 4 is 58.9 Å². The van der Waals surface area contributed by atoms with E-state index < -0.39 is 17.2 Å². The summed E-state index contributed by atoms with van der Waals surface area (Å²) in [5, 5.41) is 38.2. The molecule has 190 valence electrons. The van der Waals surface area contributed by atoms with E-state index in [4.69, 9.17) is 15.7 Å². The first kappa shape index (κ1) is 24.9. The van der Waals surface area contributed by atoms with Crippen LogP contribution in [-0.4, -0.2) is 31.0 Å². The fraction of sp³-hybridized carbons (Fsp3) is 0. The third-order valence-electron chi connectivity index (χ3n) is 7.95. The summed E-state index contributed by atoms with van der Waals surface area (Å²) in [6.45, 7) is 0. The van der Waals surface area contributed by atoms with E-state index in [1.807, 2.05) is 48.5 Å². The predicted molar refractivity (Wildman–Crippen MR) is 171 cm³/mol. The van der Waals surface area contributed by atoms with Crippen LogP contribution in [-0.2, 0) is 0 Å². The molecule has 0 aliphatic heterocycles. The van der Waals surface area contributed by atoms with Crippen molar-refractivity contribution in [3.05, 3.63) is 115 Å². The molecule has 7 rings (SSSR count). The smallest absolute Gasteiger partial charge is 0.124 e. The van der Waals surface area contributed by atoms with Crippen molar-refractivity contribution in [2.75, 3.05) is 0 Å². The van der Waals surface area contributed by atoms with Gasteiger partial charge in [0.15, 0.2) is 0 Å². The molecule has 0 aromatic heterocycles. The number of phenols is 3. The Hall–Kier alpha value is -5.15. The highest BCUT2D eigenvalue weighted by atomic mass is 16.3. The van der Waals surface area contributed by atoms with Crippen LogP contribution in [0.5, 0.6) is 17.2 Å². The monoisotopic (exact) mass is 524 g/mol. The fourth-order valence-electron chi connectivity index (χ4n) is 5.99. The largest absolute Gasteiger partial charge is 0.509 e. The highest BCUT2D eigenvalue weighted by Gasteiger charge is 2.24. The Kier molecular flexibility index (Phi) is 5.76. The fourth-order valence-corrected chi connectivity index (χ4v) is 5.99. The van der Waals surface area contributed by atoms with E-state index in [1.54, 1.807) is 0 Å². The van der Waals surface area contributed by atoms with Gasteiger partial charge in [0.25, 0.3) is 0 Å². The van der Waals surface area contributed by atoms with Gasteiger partial charge in [0, 0.05) is 5.56 Å². The van der Waals surface area contributed by atoms with E-state index in [1.165, 1.54) is 16.3 Å². The molecule has 0 spiro atoms. The third-order valence-corrected chi connectivity index (χ3v) is 7.95. The van der Waals surface area contributed by atoms with Crippen LogP contribution >= 0.6 is 0 Å². The molecule has 0 aliphatic carbocycles. The molecule has 3 N–H and O–H groups in total. The summed E-state index contributed by atoms with van der Waals surface area (Å²) in [7, 11) is 12.0. The Labute approximate surface area is 239 Å². The molecule has 5 heteroatoms. The second kappa shape index (κ2) is 9.50. The van der Waals surface area contributed by atoms with E-state index >= 15 is 0 Å². The zero-order valence-corrected chi connectivity index (χ0v) is 22.0. The molecule has 0 amide bonds. The molecule has 7 aromatic carbocycles. The summed E-state index contributed by atoms with van der Waals surface area (Å²) in [6, 6.07) is 39.0. The molecule has 41 heavy (non-hydrogen) atoms. The normalized spacial score (nSPS) is 11.4. The number of rotatable bonds is 3. The van der Waals surface area contributed by atoms with E-state index in [-0.39, 0.29) is 16.5 Å². The maximum Gasteiger partial charge on any atom is 0.124 e. The van der Waals surface area contributed by atoms with Gasteiger partial charge in [-0.2, -0.15) is 0 Å². The van der Waals surface area contributed by atoms with Crippen molar-refractivity contribution in [1.82, 2.24) is 0 Å². The molecule has 0 saturated heterocycles. The molecular formula is C36H22B2O3. The predicted octanol–water partition coefficient (Wildman–Crippen LogP) is 6.85. The van der Waals surface area contributed by atoms with Gasteiger partial charge in [-0.05, 0) is 65.5 Å². The van der Waals surface area contributed by atoms with Gasteiger partial charge in [-0.3, -0.25) is 0 Å². The zero-order chi connectivity index (χ0) is 28.2. The van der Waals surface area contributed by atoms with Gasteiger partial charge in [-0.25, -0.2) is 0 Å². The number of hydrogen-bond acceptors (Lipinski definition) is 3. The summed E-state index contributed by atoms with van der Waals surface area (Å²) in [5.74, 6) is -1.38. The summed E-state index contributed by atoms with van der Waals surface area (Å²) in [5.41, 5.74) is 4.47. The minimum Gasteiger partial charge on any atom is -0.509 e. The SMILES string of the molecule is [B]c1c(O)c([B])c(O)c(-c2c3ccccc3c(-c3ccc(-c4cccc5ccccc45)cc3)c3ccccc23)c1O. The first-order valence-electron chi connectivity index (χ1n) is 13.3. The van der Waals surface area contributed by atoms with Gasteiger partial charge in [0.1, 0.15) is 32.9 Å². The minimum atomic E-state index is -0.541. The lowest BCUT2D eigenvalue weighted by Gasteiger charge is -2.21. The molecule has 0 aliphatic rings. The van der Waals surface area contributed by atoms with E-state index in [2.05, 4.69) is 66.7 Å². The van der Waals surface area contributed by atoms with Crippen LogP contribution in [0.2, 0.25) is 0 Å². The van der Waals surface area contributed by atoms with Crippen molar-refractivity contribution in [2.45, 2.75) is 0 Å². The Morgan fingerprint density at radius 1 is 0.366 bits per heavy atom. The number of hydrogen-bond donors (Lipinski definition) is 3. The Bertz CT molecular complexity index is 2060. The summed E-state index contributed by atoms with van der Waals surface area (Å²) in [6.07, 6.45) is 0. The van der Waals surface area contributed by atoms with Crippen molar-refractivity contribution in [2.24, 2.45) is 0 Å². The molecule has 4 radical (unpaired) electrons. The number of benzene rings is 7. The van der Waals surface area contributed by atoms with Crippen LogP contribution in [0.15, 0.2) is 115 Å². The topological polar surface area (TPSA) is 60.7 Å². The summed E-state index contributed by atoms with van der Waals surface area (Å²) < 4.78 is 0. The Morgan fingerprint density at radius 3 is 1.37 bits per heavy atom. The van der Waals surface area contributed by atoms with Crippen LogP contribution < -0.4 is 10.9 Å². The van der Waals surface area contributed by atoms with Crippen LogP contribution in [0.3, 0.4) is 0 Å². The molecule has 0 fully saturated rings. The molecular weight excluding hydrogens is 502 g/mol. The maximum absolute atomic E-state index is 11.1. The van der Waals surface area contributed by atoms with Crippen molar-refractivity contribution in [3.8, 4) is 50.6 Å². The summed E-state index contributed by atoms with van der Waals surface area (Å²) >= 11 is 0. The van der Waals surface area contributed by atoms with Crippen LogP contribution in [0.1, 0.15) is 0 Å². The van der Waals surface area contributed by atoms with Gasteiger partial charge in [-0.15, -0.1) is 0 Å². The Balaban J connectivity index is 1.51. The second-order valence-electron chi connectivity index (χ2n) is 10.2. The molecule has 0 heterocycles. The van der Waals surface area contributed by atoms with Crippen molar-refractivity contribution in [3.63, 3.8) is 0 Å². The van der Waals surface area contributed by atoms with Gasteiger partial charge in [0.05, 0.1) is 5.56 Å². The lowest BCUT2D eigenvalue weighted by Crippen LogP contribution is -2.17. The summed E-state index contributed by atoms with van der Waals surface area (Å²) in [4.78, 5) is 0. The first-order valence-corrected chi connectivity index (χ1v) is 13.3. The second-order valence-corrected chi connectivity index (χ2v) is 10.2. The number of phenolic OH excluding ortho intramolecular Hbond substituents is 3. The Morgan fingerprint density at radius 2 is 0.805 bits per heavy atom. The standard InChI is InChI=1S/C36H22B2O3/c37-32-34(39)31(35(40)33(38)36(32)41)30-27-13-5-3-11-25(27)29(26-12-4-6-14-28(26)30)22-18-16-21(17-19-22)24-15-7-9-20-8-1-2-10-23(20)24/h1-19,39-41H. The van der Waals surface area contributed by atoms with E-state index in [0.29, 0.717) is 5.56 Å². The lowest BCUT2D eigenvalue weighted by atomic mass is 9.78.